The number of halogens is 1. The zero-order chi connectivity index (χ0) is 15.0. The van der Waals surface area contributed by atoms with Crippen molar-refractivity contribution in [2.45, 2.75) is 38.6 Å². The van der Waals surface area contributed by atoms with Crippen LogP contribution in [0.5, 0.6) is 0 Å². The monoisotopic (exact) mass is 347 g/mol. The summed E-state index contributed by atoms with van der Waals surface area (Å²) in [5, 5.41) is 3.06. The van der Waals surface area contributed by atoms with E-state index in [1.807, 2.05) is 44.2 Å². The van der Waals surface area contributed by atoms with Gasteiger partial charge in [0.1, 0.15) is 11.5 Å². The number of hydrogen-bond acceptors (Lipinski definition) is 2. The molecule has 1 aliphatic carbocycles. The second-order valence-electron chi connectivity index (χ2n) is 5.71. The molecule has 21 heavy (non-hydrogen) atoms. The highest BCUT2D eigenvalue weighted by Crippen LogP contribution is 2.48. The van der Waals surface area contributed by atoms with E-state index in [9.17, 15) is 4.79 Å². The van der Waals surface area contributed by atoms with Gasteiger partial charge in [0.05, 0.1) is 5.41 Å². The van der Waals surface area contributed by atoms with Gasteiger partial charge in [-0.3, -0.25) is 4.79 Å². The van der Waals surface area contributed by atoms with Crippen LogP contribution in [-0.4, -0.2) is 5.91 Å². The standard InChI is InChI=1S/C17H18BrNO2/c1-11-8-13(12(2)21-11)10-19-16(20)17(6-7-17)14-4-3-5-15(18)9-14/h3-5,8-9H,6-7,10H2,1-2H3,(H,19,20). The highest BCUT2D eigenvalue weighted by atomic mass is 79.9. The predicted molar refractivity (Wildman–Crippen MR) is 85.1 cm³/mol. The van der Waals surface area contributed by atoms with E-state index in [0.717, 1.165) is 40.0 Å². The first-order valence-corrected chi connectivity index (χ1v) is 7.91. The third kappa shape index (κ3) is 2.77. The molecule has 0 saturated heterocycles. The number of carbonyl (C=O) groups excluding carboxylic acids is 1. The fraction of sp³-hybridized carbons (Fsp3) is 0.353. The van der Waals surface area contributed by atoms with Crippen molar-refractivity contribution in [3.05, 3.63) is 57.5 Å². The lowest BCUT2D eigenvalue weighted by atomic mass is 9.95. The number of rotatable bonds is 4. The van der Waals surface area contributed by atoms with Gasteiger partial charge in [-0.2, -0.15) is 0 Å². The SMILES string of the molecule is Cc1cc(CNC(=O)C2(c3cccc(Br)c3)CC2)c(C)o1. The summed E-state index contributed by atoms with van der Waals surface area (Å²) in [6.45, 7) is 4.37. The highest BCUT2D eigenvalue weighted by Gasteiger charge is 2.51. The van der Waals surface area contributed by atoms with Crippen LogP contribution in [0.1, 0.15) is 35.5 Å². The summed E-state index contributed by atoms with van der Waals surface area (Å²) in [7, 11) is 0. The first kappa shape index (κ1) is 14.4. The molecule has 1 saturated carbocycles. The van der Waals surface area contributed by atoms with Gasteiger partial charge in [-0.25, -0.2) is 0 Å². The third-order valence-electron chi connectivity index (χ3n) is 4.15. The number of hydrogen-bond donors (Lipinski definition) is 1. The van der Waals surface area contributed by atoms with Crippen molar-refractivity contribution < 1.29 is 9.21 Å². The van der Waals surface area contributed by atoms with E-state index in [0.29, 0.717) is 6.54 Å². The molecule has 0 unspecified atom stereocenters. The number of carbonyl (C=O) groups is 1. The van der Waals surface area contributed by atoms with Crippen LogP contribution in [0.2, 0.25) is 0 Å². The van der Waals surface area contributed by atoms with Gasteiger partial charge in [-0.15, -0.1) is 0 Å². The fourth-order valence-corrected chi connectivity index (χ4v) is 3.16. The molecule has 3 nitrogen and oxygen atoms in total. The molecule has 110 valence electrons. The lowest BCUT2D eigenvalue weighted by molar-refractivity contribution is -0.123. The van der Waals surface area contributed by atoms with E-state index in [2.05, 4.69) is 21.2 Å². The Bertz CT molecular complexity index is 686. The molecule has 3 rings (SSSR count). The van der Waals surface area contributed by atoms with Gasteiger partial charge >= 0.3 is 0 Å². The van der Waals surface area contributed by atoms with E-state index in [4.69, 9.17) is 4.42 Å². The Morgan fingerprint density at radius 2 is 2.10 bits per heavy atom. The van der Waals surface area contributed by atoms with Crippen LogP contribution in [0.3, 0.4) is 0 Å². The molecule has 0 spiro atoms. The van der Waals surface area contributed by atoms with Crippen LogP contribution in [-0.2, 0) is 16.8 Å². The minimum atomic E-state index is -0.337. The van der Waals surface area contributed by atoms with Crippen molar-refractivity contribution in [3.63, 3.8) is 0 Å². The summed E-state index contributed by atoms with van der Waals surface area (Å²) in [6, 6.07) is 10.0. The fourth-order valence-electron chi connectivity index (χ4n) is 2.76. The van der Waals surface area contributed by atoms with Crippen molar-refractivity contribution in [2.24, 2.45) is 0 Å². The molecule has 4 heteroatoms. The Morgan fingerprint density at radius 3 is 2.67 bits per heavy atom. The van der Waals surface area contributed by atoms with Crippen LogP contribution >= 0.6 is 15.9 Å². The predicted octanol–water partition coefficient (Wildman–Crippen LogP) is 4.01. The summed E-state index contributed by atoms with van der Waals surface area (Å²) in [6.07, 6.45) is 1.83. The maximum absolute atomic E-state index is 12.6. The lowest BCUT2D eigenvalue weighted by Gasteiger charge is -2.16. The van der Waals surface area contributed by atoms with Gasteiger partial charge in [-0.05, 0) is 50.5 Å². The molecule has 0 aliphatic heterocycles. The summed E-state index contributed by atoms with van der Waals surface area (Å²) >= 11 is 3.48. The van der Waals surface area contributed by atoms with E-state index < -0.39 is 0 Å². The number of nitrogens with one attached hydrogen (secondary N) is 1. The zero-order valence-corrected chi connectivity index (χ0v) is 13.8. The van der Waals surface area contributed by atoms with Crippen molar-refractivity contribution >= 4 is 21.8 Å². The summed E-state index contributed by atoms with van der Waals surface area (Å²) in [4.78, 5) is 12.6. The minimum absolute atomic E-state index is 0.110. The second kappa shape index (κ2) is 5.34. The average molecular weight is 348 g/mol. The number of benzene rings is 1. The average Bonchev–Trinajstić information content (AvgIpc) is 3.18. The minimum Gasteiger partial charge on any atom is -0.466 e. The van der Waals surface area contributed by atoms with Crippen LogP contribution in [0, 0.1) is 13.8 Å². The summed E-state index contributed by atoms with van der Waals surface area (Å²) < 4.78 is 6.51. The third-order valence-corrected chi connectivity index (χ3v) is 4.64. The molecule has 0 bridgehead atoms. The number of aryl methyl sites for hydroxylation is 2. The summed E-state index contributed by atoms with van der Waals surface area (Å²) in [5.41, 5.74) is 1.80. The first-order chi connectivity index (χ1) is 10.0. The van der Waals surface area contributed by atoms with Crippen LogP contribution in [0.4, 0.5) is 0 Å². The maximum Gasteiger partial charge on any atom is 0.230 e. The first-order valence-electron chi connectivity index (χ1n) is 7.11. The van der Waals surface area contributed by atoms with Gasteiger partial charge in [-0.1, -0.05) is 28.1 Å². The van der Waals surface area contributed by atoms with E-state index in [1.165, 1.54) is 0 Å². The Balaban J connectivity index is 1.72. The molecular weight excluding hydrogens is 330 g/mol. The Labute approximate surface area is 132 Å². The van der Waals surface area contributed by atoms with Crippen molar-refractivity contribution in [3.8, 4) is 0 Å². The molecule has 1 amide bonds. The number of furan rings is 1. The molecule has 0 radical (unpaired) electrons. The Morgan fingerprint density at radius 1 is 1.33 bits per heavy atom. The normalized spacial score (nSPS) is 15.8. The van der Waals surface area contributed by atoms with Crippen LogP contribution in [0.15, 0.2) is 39.2 Å². The van der Waals surface area contributed by atoms with Crippen molar-refractivity contribution in [1.82, 2.24) is 5.32 Å². The van der Waals surface area contributed by atoms with Crippen molar-refractivity contribution in [1.29, 1.82) is 0 Å². The summed E-state index contributed by atoms with van der Waals surface area (Å²) in [5.74, 6) is 1.86. The molecular formula is C17H18BrNO2. The molecule has 2 aromatic rings. The quantitative estimate of drug-likeness (QED) is 0.907. The molecule has 1 heterocycles. The van der Waals surface area contributed by atoms with Crippen molar-refractivity contribution in [2.75, 3.05) is 0 Å². The van der Waals surface area contributed by atoms with Gasteiger partial charge in [0, 0.05) is 16.6 Å². The zero-order valence-electron chi connectivity index (χ0n) is 12.2. The van der Waals surface area contributed by atoms with Crippen LogP contribution in [0.25, 0.3) is 0 Å². The number of amides is 1. The smallest absolute Gasteiger partial charge is 0.230 e. The second-order valence-corrected chi connectivity index (χ2v) is 6.63. The highest BCUT2D eigenvalue weighted by molar-refractivity contribution is 9.10. The molecule has 1 aromatic heterocycles. The van der Waals surface area contributed by atoms with Crippen LogP contribution < -0.4 is 5.32 Å². The van der Waals surface area contributed by atoms with E-state index in [1.54, 1.807) is 0 Å². The molecule has 1 fully saturated rings. The van der Waals surface area contributed by atoms with E-state index in [-0.39, 0.29) is 11.3 Å². The van der Waals surface area contributed by atoms with Gasteiger partial charge < -0.3 is 9.73 Å². The van der Waals surface area contributed by atoms with Gasteiger partial charge in [0.25, 0.3) is 0 Å². The molecule has 1 N–H and O–H groups in total. The van der Waals surface area contributed by atoms with E-state index >= 15 is 0 Å². The topological polar surface area (TPSA) is 42.2 Å². The molecule has 1 aliphatic rings. The Kier molecular flexibility index (Phi) is 3.66. The molecule has 0 atom stereocenters. The van der Waals surface area contributed by atoms with Gasteiger partial charge in [0.15, 0.2) is 0 Å². The molecule has 1 aromatic carbocycles. The maximum atomic E-state index is 12.6. The lowest BCUT2D eigenvalue weighted by Crippen LogP contribution is -2.34. The largest absolute Gasteiger partial charge is 0.466 e. The van der Waals surface area contributed by atoms with Gasteiger partial charge in [0.2, 0.25) is 5.91 Å². The Hall–Kier alpha value is -1.55.